The van der Waals surface area contributed by atoms with E-state index in [1.807, 2.05) is 35.6 Å². The van der Waals surface area contributed by atoms with Gasteiger partial charge in [0.2, 0.25) is 0 Å². The molecule has 0 aliphatic heterocycles. The van der Waals surface area contributed by atoms with Crippen molar-refractivity contribution in [2.75, 3.05) is 11.9 Å². The van der Waals surface area contributed by atoms with Gasteiger partial charge >= 0.3 is 10.1 Å². The Morgan fingerprint density at radius 3 is 2.49 bits per heavy atom. The molecule has 7 nitrogen and oxygen atoms in total. The molecule has 3 rings (SSSR count). The Morgan fingerprint density at radius 2 is 1.86 bits per heavy atom. The predicted octanol–water partition coefficient (Wildman–Crippen LogP) is 5.97. The number of nitriles is 1. The molecule has 3 aromatic rings. The zero-order valence-electron chi connectivity index (χ0n) is 18.7. The fourth-order valence-corrected chi connectivity index (χ4v) is 4.97. The van der Waals surface area contributed by atoms with Gasteiger partial charge in [-0.15, -0.1) is 0 Å². The van der Waals surface area contributed by atoms with Crippen LogP contribution in [-0.4, -0.2) is 20.9 Å². The van der Waals surface area contributed by atoms with Gasteiger partial charge in [-0.05, 0) is 84.5 Å². The Bertz CT molecular complexity index is 1430. The summed E-state index contributed by atoms with van der Waals surface area (Å²) < 4.78 is 37.1. The van der Waals surface area contributed by atoms with Crippen molar-refractivity contribution in [3.63, 3.8) is 0 Å². The average Bonchev–Trinajstić information content (AvgIpc) is 2.81. The van der Waals surface area contributed by atoms with Gasteiger partial charge in [-0.2, -0.15) is 13.7 Å². The molecule has 0 aromatic heterocycles. The second-order valence-electron chi connectivity index (χ2n) is 7.22. The van der Waals surface area contributed by atoms with Gasteiger partial charge in [0, 0.05) is 0 Å². The number of aryl methyl sites for hydroxylation is 1. The highest BCUT2D eigenvalue weighted by Gasteiger charge is 2.22. The molecular formula is C25H20ClIN2O5S. The van der Waals surface area contributed by atoms with Gasteiger partial charge in [-0.25, -0.2) is 0 Å². The van der Waals surface area contributed by atoms with Gasteiger partial charge < -0.3 is 14.2 Å². The molecule has 0 saturated heterocycles. The van der Waals surface area contributed by atoms with Crippen LogP contribution in [0.4, 0.5) is 5.69 Å². The molecule has 0 heterocycles. The highest BCUT2D eigenvalue weighted by atomic mass is 127. The summed E-state index contributed by atoms with van der Waals surface area (Å²) in [5.41, 5.74) is 1.56. The molecule has 180 valence electrons. The summed E-state index contributed by atoms with van der Waals surface area (Å²) in [4.78, 5) is 12.6. The Balaban J connectivity index is 1.95. The summed E-state index contributed by atoms with van der Waals surface area (Å²) in [5.74, 6) is -0.467. The van der Waals surface area contributed by atoms with Crippen LogP contribution in [0.1, 0.15) is 18.1 Å². The maximum atomic E-state index is 12.8. The number of carbonyl (C=O) groups is 1. The Morgan fingerprint density at radius 1 is 1.17 bits per heavy atom. The number of ether oxygens (including phenoxy) is 1. The smallest absolute Gasteiger partial charge is 0.339 e. The number of halogens is 2. The van der Waals surface area contributed by atoms with Crippen molar-refractivity contribution >= 4 is 62.0 Å². The van der Waals surface area contributed by atoms with E-state index in [1.165, 1.54) is 24.3 Å². The molecule has 0 fully saturated rings. The third-order valence-corrected chi connectivity index (χ3v) is 7.00. The molecule has 0 aliphatic carbocycles. The van der Waals surface area contributed by atoms with Crippen LogP contribution in [-0.2, 0) is 14.9 Å². The molecule has 0 bridgehead atoms. The summed E-state index contributed by atoms with van der Waals surface area (Å²) in [7, 11) is -4.12. The number of hydrogen-bond acceptors (Lipinski definition) is 6. The molecule has 0 saturated carbocycles. The van der Waals surface area contributed by atoms with Gasteiger partial charge in [-0.3, -0.25) is 4.79 Å². The molecule has 35 heavy (non-hydrogen) atoms. The topological polar surface area (TPSA) is 105 Å². The fourth-order valence-electron chi connectivity index (χ4n) is 2.95. The van der Waals surface area contributed by atoms with Gasteiger partial charge in [0.15, 0.2) is 11.5 Å². The second-order valence-corrected chi connectivity index (χ2v) is 10.3. The monoisotopic (exact) mass is 622 g/mol. The highest BCUT2D eigenvalue weighted by molar-refractivity contribution is 14.1. The number of amides is 1. The Labute approximate surface area is 222 Å². The van der Waals surface area contributed by atoms with Crippen molar-refractivity contribution in [1.29, 1.82) is 5.26 Å². The van der Waals surface area contributed by atoms with E-state index in [9.17, 15) is 18.5 Å². The molecule has 1 amide bonds. The lowest BCUT2D eigenvalue weighted by Gasteiger charge is -2.15. The Hall–Kier alpha value is -3.07. The van der Waals surface area contributed by atoms with Crippen LogP contribution in [0.3, 0.4) is 0 Å². The van der Waals surface area contributed by atoms with Crippen molar-refractivity contribution in [3.05, 3.63) is 86.0 Å². The molecule has 0 atom stereocenters. The normalized spacial score (nSPS) is 11.5. The van der Waals surface area contributed by atoms with Crippen molar-refractivity contribution in [2.24, 2.45) is 0 Å². The number of carbonyl (C=O) groups excluding carboxylic acids is 1. The van der Waals surface area contributed by atoms with Crippen LogP contribution in [0, 0.1) is 21.8 Å². The van der Waals surface area contributed by atoms with E-state index in [4.69, 9.17) is 20.5 Å². The minimum atomic E-state index is -4.12. The lowest BCUT2D eigenvalue weighted by molar-refractivity contribution is -0.112. The molecule has 1 N–H and O–H groups in total. The van der Waals surface area contributed by atoms with Crippen molar-refractivity contribution < 1.29 is 22.1 Å². The summed E-state index contributed by atoms with van der Waals surface area (Å²) in [6, 6.07) is 17.9. The maximum absolute atomic E-state index is 12.8. The van der Waals surface area contributed by atoms with Crippen molar-refractivity contribution in [3.8, 4) is 17.6 Å². The number of benzene rings is 3. The average molecular weight is 623 g/mol. The minimum absolute atomic E-state index is 0.00771. The molecule has 10 heteroatoms. The quantitative estimate of drug-likeness (QED) is 0.144. The molecule has 0 unspecified atom stereocenters. The maximum Gasteiger partial charge on any atom is 0.339 e. The zero-order valence-corrected chi connectivity index (χ0v) is 22.4. The van der Waals surface area contributed by atoms with E-state index in [0.717, 1.165) is 5.56 Å². The number of nitrogens with one attached hydrogen (secondary N) is 1. The fraction of sp³-hybridized carbons (Fsp3) is 0.120. The van der Waals surface area contributed by atoms with Gasteiger partial charge in [-0.1, -0.05) is 41.4 Å². The summed E-state index contributed by atoms with van der Waals surface area (Å²) in [5, 5.41) is 12.5. The number of rotatable bonds is 8. The van der Waals surface area contributed by atoms with Gasteiger partial charge in [0.05, 0.1) is 20.9 Å². The number of nitrogens with zero attached hydrogens (tertiary/aromatic N) is 1. The summed E-state index contributed by atoms with van der Waals surface area (Å²) >= 11 is 7.99. The Kier molecular flexibility index (Phi) is 8.77. The van der Waals surface area contributed by atoms with E-state index in [0.29, 0.717) is 19.8 Å². The first-order valence-corrected chi connectivity index (χ1v) is 13.2. The lowest BCUT2D eigenvalue weighted by Crippen LogP contribution is -2.14. The van der Waals surface area contributed by atoms with Crippen LogP contribution >= 0.6 is 34.2 Å². The standard InChI is InChI=1S/C25H20ClIN2O5S/c1-3-33-23-14-17(12-18(15-28)25(30)29-22-7-5-4-6-20(22)26)13-21(27)24(23)34-35(31,32)19-10-8-16(2)9-11-19/h4-14H,3H2,1-2H3,(H,29,30)/b18-12+. The van der Waals surface area contributed by atoms with Gasteiger partial charge in [0.1, 0.15) is 16.5 Å². The molecule has 3 aromatic carbocycles. The van der Waals surface area contributed by atoms with Crippen LogP contribution in [0.5, 0.6) is 11.5 Å². The summed E-state index contributed by atoms with van der Waals surface area (Å²) in [6.45, 7) is 3.83. The van der Waals surface area contributed by atoms with Crippen molar-refractivity contribution in [2.45, 2.75) is 18.7 Å². The van der Waals surface area contributed by atoms with E-state index >= 15 is 0 Å². The number of hydrogen-bond donors (Lipinski definition) is 1. The lowest BCUT2D eigenvalue weighted by atomic mass is 10.1. The largest absolute Gasteiger partial charge is 0.490 e. The van der Waals surface area contributed by atoms with E-state index in [2.05, 4.69) is 5.32 Å². The molecule has 0 spiro atoms. The van der Waals surface area contributed by atoms with Crippen LogP contribution in [0.2, 0.25) is 5.02 Å². The second kappa shape index (κ2) is 11.6. The summed E-state index contributed by atoms with van der Waals surface area (Å²) in [6.07, 6.45) is 1.37. The molecular weight excluding hydrogens is 603 g/mol. The predicted molar refractivity (Wildman–Crippen MR) is 143 cm³/mol. The zero-order chi connectivity index (χ0) is 25.6. The highest BCUT2D eigenvalue weighted by Crippen LogP contribution is 2.37. The first-order valence-electron chi connectivity index (χ1n) is 10.3. The van der Waals surface area contributed by atoms with E-state index in [1.54, 1.807) is 49.4 Å². The van der Waals surface area contributed by atoms with Crippen LogP contribution < -0.4 is 14.2 Å². The van der Waals surface area contributed by atoms with Gasteiger partial charge in [0.25, 0.3) is 5.91 Å². The number of anilines is 1. The first kappa shape index (κ1) is 26.5. The third kappa shape index (κ3) is 6.75. The van der Waals surface area contributed by atoms with Crippen molar-refractivity contribution in [1.82, 2.24) is 0 Å². The van der Waals surface area contributed by atoms with Crippen LogP contribution in [0.25, 0.3) is 6.08 Å². The SMILES string of the molecule is CCOc1cc(/C=C(\C#N)C(=O)Nc2ccccc2Cl)cc(I)c1OS(=O)(=O)c1ccc(C)cc1. The first-order chi connectivity index (χ1) is 16.6. The molecule has 0 radical (unpaired) electrons. The van der Waals surface area contributed by atoms with E-state index in [-0.39, 0.29) is 28.6 Å². The molecule has 0 aliphatic rings. The third-order valence-electron chi connectivity index (χ3n) is 4.63. The minimum Gasteiger partial charge on any atom is -0.490 e. The van der Waals surface area contributed by atoms with E-state index < -0.39 is 16.0 Å². The van der Waals surface area contributed by atoms with Crippen LogP contribution in [0.15, 0.2) is 71.1 Å². The number of para-hydroxylation sites is 1.